The van der Waals surface area contributed by atoms with Gasteiger partial charge in [0.15, 0.2) is 0 Å². The van der Waals surface area contributed by atoms with Crippen LogP contribution in [-0.2, 0) is 12.1 Å². The summed E-state index contributed by atoms with van der Waals surface area (Å²) in [6.45, 7) is 3.90. The summed E-state index contributed by atoms with van der Waals surface area (Å²) in [5, 5.41) is 4.69. The number of hydrogen-bond donors (Lipinski definition) is 0. The third-order valence-corrected chi connectivity index (χ3v) is 3.73. The van der Waals surface area contributed by atoms with Crippen LogP contribution >= 0.6 is 23.2 Å². The summed E-state index contributed by atoms with van der Waals surface area (Å²) < 4.78 is 39.1. The molecule has 0 amide bonds. The summed E-state index contributed by atoms with van der Waals surface area (Å²) in [5.41, 5.74) is 1.20. The quantitative estimate of drug-likeness (QED) is 0.685. The second kappa shape index (κ2) is 5.89. The van der Waals surface area contributed by atoms with Gasteiger partial charge in [-0.05, 0) is 30.2 Å². The molecule has 1 aromatic carbocycles. The monoisotopic (exact) mass is 336 g/mol. The maximum absolute atomic E-state index is 12.6. The molecule has 1 aromatic heterocycles. The second-order valence-electron chi connectivity index (χ2n) is 4.90. The Balaban J connectivity index is 2.47. The number of alkyl halides is 4. The van der Waals surface area contributed by atoms with E-state index in [-0.39, 0.29) is 11.8 Å². The molecule has 7 heteroatoms. The van der Waals surface area contributed by atoms with E-state index in [0.717, 1.165) is 17.8 Å². The summed E-state index contributed by atoms with van der Waals surface area (Å²) in [7, 11) is 0. The van der Waals surface area contributed by atoms with Crippen molar-refractivity contribution in [2.45, 2.75) is 31.8 Å². The first-order chi connectivity index (χ1) is 9.75. The summed E-state index contributed by atoms with van der Waals surface area (Å²) in [5.74, 6) is 0.319. The van der Waals surface area contributed by atoms with Crippen LogP contribution < -0.4 is 0 Å². The van der Waals surface area contributed by atoms with E-state index in [1.165, 1.54) is 16.8 Å². The lowest BCUT2D eigenvalue weighted by molar-refractivity contribution is -0.137. The minimum absolute atomic E-state index is 0.118. The highest BCUT2D eigenvalue weighted by Crippen LogP contribution is 2.32. The second-order valence-corrected chi connectivity index (χ2v) is 5.52. The molecule has 1 heterocycles. The Labute approximate surface area is 130 Å². The molecular formula is C14H13Cl2F3N2. The lowest BCUT2D eigenvalue weighted by Crippen LogP contribution is -2.05. The van der Waals surface area contributed by atoms with Gasteiger partial charge in [0, 0.05) is 5.56 Å². The van der Waals surface area contributed by atoms with Crippen molar-refractivity contribution in [1.29, 1.82) is 0 Å². The van der Waals surface area contributed by atoms with Crippen LogP contribution in [-0.4, -0.2) is 9.78 Å². The van der Waals surface area contributed by atoms with Crippen LogP contribution in [0.2, 0.25) is 5.15 Å². The van der Waals surface area contributed by atoms with Gasteiger partial charge in [-0.3, -0.25) is 0 Å². The number of rotatable bonds is 3. The van der Waals surface area contributed by atoms with E-state index in [1.807, 2.05) is 13.8 Å². The molecule has 0 saturated heterocycles. The van der Waals surface area contributed by atoms with Crippen molar-refractivity contribution in [3.63, 3.8) is 0 Å². The van der Waals surface area contributed by atoms with Crippen molar-refractivity contribution in [3.8, 4) is 5.69 Å². The van der Waals surface area contributed by atoms with Crippen LogP contribution in [0, 0.1) is 0 Å². The molecule has 2 rings (SSSR count). The van der Waals surface area contributed by atoms with Crippen molar-refractivity contribution in [2.75, 3.05) is 0 Å². The van der Waals surface area contributed by atoms with E-state index in [0.29, 0.717) is 16.4 Å². The summed E-state index contributed by atoms with van der Waals surface area (Å²) in [6.07, 6.45) is -4.36. The first kappa shape index (κ1) is 16.2. The van der Waals surface area contributed by atoms with Gasteiger partial charge in [-0.25, -0.2) is 4.68 Å². The zero-order valence-corrected chi connectivity index (χ0v) is 12.9. The van der Waals surface area contributed by atoms with Gasteiger partial charge >= 0.3 is 6.18 Å². The average Bonchev–Trinajstić information content (AvgIpc) is 2.75. The Hall–Kier alpha value is -1.20. The molecule has 114 valence electrons. The Morgan fingerprint density at radius 3 is 2.14 bits per heavy atom. The van der Waals surface area contributed by atoms with Gasteiger partial charge in [0.2, 0.25) is 0 Å². The zero-order valence-electron chi connectivity index (χ0n) is 11.4. The Kier molecular flexibility index (Phi) is 4.54. The fourth-order valence-electron chi connectivity index (χ4n) is 2.00. The van der Waals surface area contributed by atoms with Crippen LogP contribution in [0.3, 0.4) is 0 Å². The topological polar surface area (TPSA) is 17.8 Å². The molecule has 0 fully saturated rings. The molecule has 0 saturated carbocycles. The van der Waals surface area contributed by atoms with Crippen molar-refractivity contribution in [2.24, 2.45) is 0 Å². The number of hydrogen-bond acceptors (Lipinski definition) is 1. The predicted molar refractivity (Wildman–Crippen MR) is 77.2 cm³/mol. The molecule has 0 unspecified atom stereocenters. The van der Waals surface area contributed by atoms with Crippen LogP contribution in [0.15, 0.2) is 24.3 Å². The van der Waals surface area contributed by atoms with Crippen LogP contribution in [0.5, 0.6) is 0 Å². The summed E-state index contributed by atoms with van der Waals surface area (Å²) >= 11 is 12.1. The standard InChI is InChI=1S/C14H13Cl2F3N2/c1-8(2)12-11(7-15)13(16)21(20-12)10-5-3-9(4-6-10)14(17,18)19/h3-6,8H,7H2,1-2H3. The number of aromatic nitrogens is 2. The van der Waals surface area contributed by atoms with Gasteiger partial charge in [0.05, 0.1) is 22.8 Å². The molecule has 0 bridgehead atoms. The average molecular weight is 337 g/mol. The highest BCUT2D eigenvalue weighted by Gasteiger charge is 2.30. The van der Waals surface area contributed by atoms with E-state index in [1.54, 1.807) is 0 Å². The van der Waals surface area contributed by atoms with E-state index in [4.69, 9.17) is 23.2 Å². The fraction of sp³-hybridized carbons (Fsp3) is 0.357. The first-order valence-corrected chi connectivity index (χ1v) is 7.17. The van der Waals surface area contributed by atoms with Crippen LogP contribution in [0.4, 0.5) is 13.2 Å². The first-order valence-electron chi connectivity index (χ1n) is 6.26. The minimum atomic E-state index is -4.36. The SMILES string of the molecule is CC(C)c1nn(-c2ccc(C(F)(F)F)cc2)c(Cl)c1CCl. The Morgan fingerprint density at radius 2 is 1.76 bits per heavy atom. The van der Waals surface area contributed by atoms with Crippen molar-refractivity contribution in [3.05, 3.63) is 46.2 Å². The fourth-order valence-corrected chi connectivity index (χ4v) is 2.63. The van der Waals surface area contributed by atoms with Gasteiger partial charge in [-0.15, -0.1) is 11.6 Å². The number of halogens is 5. The maximum Gasteiger partial charge on any atom is 0.416 e. The maximum atomic E-state index is 12.6. The number of benzene rings is 1. The van der Waals surface area contributed by atoms with Crippen molar-refractivity contribution >= 4 is 23.2 Å². The molecule has 0 spiro atoms. The van der Waals surface area contributed by atoms with E-state index in [9.17, 15) is 13.2 Å². The van der Waals surface area contributed by atoms with Crippen LogP contribution in [0.1, 0.15) is 36.6 Å². The molecule has 0 aliphatic heterocycles. The van der Waals surface area contributed by atoms with Crippen LogP contribution in [0.25, 0.3) is 5.69 Å². The lowest BCUT2D eigenvalue weighted by Gasteiger charge is -2.08. The third kappa shape index (κ3) is 3.19. The molecular weight excluding hydrogens is 324 g/mol. The number of nitrogens with zero attached hydrogens (tertiary/aromatic N) is 2. The van der Waals surface area contributed by atoms with Gasteiger partial charge in [-0.2, -0.15) is 18.3 Å². The molecule has 0 radical (unpaired) electrons. The van der Waals surface area contributed by atoms with Gasteiger partial charge in [0.25, 0.3) is 0 Å². The molecule has 0 aliphatic carbocycles. The zero-order chi connectivity index (χ0) is 15.8. The van der Waals surface area contributed by atoms with Crippen molar-refractivity contribution < 1.29 is 13.2 Å². The highest BCUT2D eigenvalue weighted by atomic mass is 35.5. The molecule has 21 heavy (non-hydrogen) atoms. The Morgan fingerprint density at radius 1 is 1.19 bits per heavy atom. The van der Waals surface area contributed by atoms with E-state index < -0.39 is 11.7 Å². The molecule has 0 aliphatic rings. The van der Waals surface area contributed by atoms with Crippen molar-refractivity contribution in [1.82, 2.24) is 9.78 Å². The highest BCUT2D eigenvalue weighted by molar-refractivity contribution is 6.31. The van der Waals surface area contributed by atoms with Gasteiger partial charge < -0.3 is 0 Å². The summed E-state index contributed by atoms with van der Waals surface area (Å²) in [6, 6.07) is 4.68. The largest absolute Gasteiger partial charge is 0.416 e. The molecule has 2 nitrogen and oxygen atoms in total. The lowest BCUT2D eigenvalue weighted by atomic mass is 10.1. The molecule has 2 aromatic rings. The molecule has 0 N–H and O–H groups in total. The third-order valence-electron chi connectivity index (χ3n) is 3.07. The normalized spacial score (nSPS) is 12.2. The minimum Gasteiger partial charge on any atom is -0.222 e. The van der Waals surface area contributed by atoms with E-state index in [2.05, 4.69) is 5.10 Å². The van der Waals surface area contributed by atoms with Gasteiger partial charge in [-0.1, -0.05) is 25.4 Å². The smallest absolute Gasteiger partial charge is 0.222 e. The van der Waals surface area contributed by atoms with E-state index >= 15 is 0 Å². The Bertz CT molecular complexity index is 631. The van der Waals surface area contributed by atoms with Gasteiger partial charge in [0.1, 0.15) is 5.15 Å². The summed E-state index contributed by atoms with van der Waals surface area (Å²) in [4.78, 5) is 0. The predicted octanol–water partition coefficient (Wildman–Crippen LogP) is 5.41. The molecule has 0 atom stereocenters.